The van der Waals surface area contributed by atoms with E-state index in [0.717, 1.165) is 56.5 Å². The van der Waals surface area contributed by atoms with Crippen molar-refractivity contribution in [2.75, 3.05) is 19.6 Å². The van der Waals surface area contributed by atoms with Crippen LogP contribution in [0.5, 0.6) is 0 Å². The predicted molar refractivity (Wildman–Crippen MR) is 134 cm³/mol. The molecule has 2 atom stereocenters. The summed E-state index contributed by atoms with van der Waals surface area (Å²) in [6.45, 7) is 1.23. The third-order valence-electron chi connectivity index (χ3n) is 8.42. The van der Waals surface area contributed by atoms with E-state index in [-0.39, 0.29) is 30.1 Å². The predicted octanol–water partition coefficient (Wildman–Crippen LogP) is 3.73. The fourth-order valence-electron chi connectivity index (χ4n) is 6.48. The van der Waals surface area contributed by atoms with Crippen LogP contribution in [0.1, 0.15) is 66.6 Å². The molecule has 0 bridgehead atoms. The van der Waals surface area contributed by atoms with E-state index in [9.17, 15) is 27.9 Å². The molecule has 1 aromatic heterocycles. The number of alkyl halides is 3. The van der Waals surface area contributed by atoms with E-state index in [1.165, 1.54) is 12.1 Å². The van der Waals surface area contributed by atoms with Gasteiger partial charge in [-0.3, -0.25) is 19.5 Å². The highest BCUT2D eigenvalue weighted by Crippen LogP contribution is 2.41. The van der Waals surface area contributed by atoms with Crippen LogP contribution in [-0.4, -0.2) is 69.5 Å². The van der Waals surface area contributed by atoms with Gasteiger partial charge >= 0.3 is 6.18 Å². The zero-order chi connectivity index (χ0) is 26.9. The van der Waals surface area contributed by atoms with Gasteiger partial charge in [0, 0.05) is 43.0 Å². The van der Waals surface area contributed by atoms with Gasteiger partial charge in [-0.15, -0.1) is 0 Å². The molecule has 1 aromatic carbocycles. The second-order valence-corrected chi connectivity index (χ2v) is 10.6. The Balaban J connectivity index is 1.17. The lowest BCUT2D eigenvalue weighted by molar-refractivity contribution is -0.137. The van der Waals surface area contributed by atoms with Crippen LogP contribution in [0.3, 0.4) is 0 Å². The van der Waals surface area contributed by atoms with Gasteiger partial charge in [0.1, 0.15) is 5.60 Å². The number of aliphatic hydroxyl groups is 1. The number of hydrogen-bond acceptors (Lipinski definition) is 5. The molecule has 2 N–H and O–H groups in total. The van der Waals surface area contributed by atoms with E-state index in [1.807, 2.05) is 23.1 Å². The average Bonchev–Trinajstić information content (AvgIpc) is 3.36. The maximum atomic E-state index is 13.1. The molecule has 38 heavy (non-hydrogen) atoms. The zero-order valence-electron chi connectivity index (χ0n) is 21.2. The first-order valence-corrected chi connectivity index (χ1v) is 13.3. The zero-order valence-corrected chi connectivity index (χ0v) is 21.2. The molecule has 3 heterocycles. The van der Waals surface area contributed by atoms with Gasteiger partial charge in [0.25, 0.3) is 5.91 Å². The number of pyridine rings is 1. The monoisotopic (exact) mass is 530 g/mol. The number of amides is 2. The summed E-state index contributed by atoms with van der Waals surface area (Å²) in [5, 5.41) is 13.7. The first kappa shape index (κ1) is 26.6. The fourth-order valence-corrected chi connectivity index (χ4v) is 6.48. The maximum absolute atomic E-state index is 13.1. The van der Waals surface area contributed by atoms with E-state index in [2.05, 4.69) is 15.2 Å². The minimum atomic E-state index is -4.54. The molecule has 2 aromatic rings. The number of carbonyl (C=O) groups is 2. The second-order valence-electron chi connectivity index (χ2n) is 10.6. The number of halogens is 3. The van der Waals surface area contributed by atoms with E-state index >= 15 is 0 Å². The van der Waals surface area contributed by atoms with Gasteiger partial charge in [-0.25, -0.2) is 0 Å². The average molecular weight is 531 g/mol. The normalized spacial score (nSPS) is 28.1. The van der Waals surface area contributed by atoms with Crippen LogP contribution in [0, 0.1) is 0 Å². The Morgan fingerprint density at radius 1 is 1.03 bits per heavy atom. The maximum Gasteiger partial charge on any atom is 0.416 e. The van der Waals surface area contributed by atoms with Crippen molar-refractivity contribution in [3.05, 3.63) is 65.5 Å². The van der Waals surface area contributed by atoms with Crippen LogP contribution >= 0.6 is 0 Å². The van der Waals surface area contributed by atoms with Gasteiger partial charge in [0.05, 0.1) is 17.8 Å². The van der Waals surface area contributed by atoms with E-state index in [1.54, 1.807) is 6.20 Å². The van der Waals surface area contributed by atoms with Crippen molar-refractivity contribution in [1.82, 2.24) is 20.1 Å². The first-order valence-electron chi connectivity index (χ1n) is 13.3. The molecule has 0 radical (unpaired) electrons. The summed E-state index contributed by atoms with van der Waals surface area (Å²) < 4.78 is 38.9. The molecule has 3 fully saturated rings. The molecule has 5 rings (SSSR count). The number of benzene rings is 1. The van der Waals surface area contributed by atoms with Crippen molar-refractivity contribution in [2.24, 2.45) is 0 Å². The topological polar surface area (TPSA) is 85.8 Å². The van der Waals surface area contributed by atoms with E-state index in [0.29, 0.717) is 25.4 Å². The van der Waals surface area contributed by atoms with Gasteiger partial charge in [-0.1, -0.05) is 12.1 Å². The summed E-state index contributed by atoms with van der Waals surface area (Å²) in [4.78, 5) is 34.3. The van der Waals surface area contributed by atoms with Gasteiger partial charge in [-0.05, 0) is 75.3 Å². The van der Waals surface area contributed by atoms with Crippen LogP contribution in [0.2, 0.25) is 0 Å². The van der Waals surface area contributed by atoms with Crippen LogP contribution < -0.4 is 5.32 Å². The fraction of sp³-hybridized carbons (Fsp3) is 0.536. The number of carbonyl (C=O) groups excluding carboxylic acids is 2. The van der Waals surface area contributed by atoms with Crippen molar-refractivity contribution < 1.29 is 27.9 Å². The van der Waals surface area contributed by atoms with Crippen molar-refractivity contribution >= 4 is 11.8 Å². The Kier molecular flexibility index (Phi) is 7.46. The Morgan fingerprint density at radius 2 is 1.82 bits per heavy atom. The number of rotatable bonds is 5. The molecule has 3 aliphatic rings. The number of hydrogen-bond donors (Lipinski definition) is 2. The Morgan fingerprint density at radius 3 is 2.53 bits per heavy atom. The second kappa shape index (κ2) is 10.6. The molecule has 0 unspecified atom stereocenters. The molecule has 204 valence electrons. The summed E-state index contributed by atoms with van der Waals surface area (Å²) in [7, 11) is 0. The minimum absolute atomic E-state index is 0.0540. The lowest BCUT2D eigenvalue weighted by Gasteiger charge is -2.45. The van der Waals surface area contributed by atoms with Crippen LogP contribution in [0.15, 0.2) is 48.7 Å². The molecule has 2 amide bonds. The van der Waals surface area contributed by atoms with Crippen LogP contribution in [0.25, 0.3) is 0 Å². The number of nitrogens with one attached hydrogen (secondary N) is 1. The van der Waals surface area contributed by atoms with E-state index in [4.69, 9.17) is 0 Å². The smallest absolute Gasteiger partial charge is 0.384 e. The van der Waals surface area contributed by atoms with Gasteiger partial charge < -0.3 is 15.3 Å². The Bertz CT molecular complexity index is 1150. The standard InChI is InChI=1S/C28H33F3N4O3/c29-28(30,31)20-6-3-5-19(17-20)26(37)33-18-25(36)35-15-4-7-22-23(35)11-16-34(22)21-9-12-27(38,13-10-21)24-8-1-2-14-32-24/h1-3,5-6,8,14,17,21-23,38H,4,7,9-13,15-16,18H2,(H,33,37)/t21?,22-,23+,27?/m1/s1. The van der Waals surface area contributed by atoms with Crippen molar-refractivity contribution in [2.45, 2.75) is 74.8 Å². The highest BCUT2D eigenvalue weighted by molar-refractivity contribution is 5.96. The van der Waals surface area contributed by atoms with Gasteiger partial charge in [0.2, 0.25) is 5.91 Å². The highest BCUT2D eigenvalue weighted by Gasteiger charge is 2.46. The number of likely N-dealkylation sites (tertiary alicyclic amines) is 2. The molecule has 0 spiro atoms. The number of piperidine rings is 1. The molecule has 1 aliphatic carbocycles. The summed E-state index contributed by atoms with van der Waals surface area (Å²) in [5.41, 5.74) is -1.20. The number of nitrogens with zero attached hydrogens (tertiary/aromatic N) is 3. The summed E-state index contributed by atoms with van der Waals surface area (Å²) in [6, 6.07) is 10.4. The molecule has 7 nitrogen and oxygen atoms in total. The quantitative estimate of drug-likeness (QED) is 0.616. The molecular weight excluding hydrogens is 497 g/mol. The molecular formula is C28H33F3N4O3. The Labute approximate surface area is 220 Å². The molecule has 2 aliphatic heterocycles. The number of aromatic nitrogens is 1. The molecule has 10 heteroatoms. The van der Waals surface area contributed by atoms with Gasteiger partial charge in [0.15, 0.2) is 0 Å². The summed E-state index contributed by atoms with van der Waals surface area (Å²) >= 11 is 0. The van der Waals surface area contributed by atoms with Gasteiger partial charge in [-0.2, -0.15) is 13.2 Å². The lowest BCUT2D eigenvalue weighted by atomic mass is 9.79. The number of fused-ring (bicyclic) bond motifs is 1. The SMILES string of the molecule is O=C(NCC(=O)N1CCC[C@@H]2[C@@H]1CCN2C1CCC(O)(c2ccccn2)CC1)c1cccc(C(F)(F)F)c1. The Hall–Kier alpha value is -2.98. The minimum Gasteiger partial charge on any atom is -0.384 e. The highest BCUT2D eigenvalue weighted by atomic mass is 19.4. The van der Waals surface area contributed by atoms with E-state index < -0.39 is 23.2 Å². The van der Waals surface area contributed by atoms with Crippen molar-refractivity contribution in [1.29, 1.82) is 0 Å². The lowest BCUT2D eigenvalue weighted by Crippen LogP contribution is -2.56. The third kappa shape index (κ3) is 5.42. The summed E-state index contributed by atoms with van der Waals surface area (Å²) in [5.74, 6) is -0.913. The molecule has 2 saturated heterocycles. The largest absolute Gasteiger partial charge is 0.416 e. The third-order valence-corrected chi connectivity index (χ3v) is 8.42. The first-order chi connectivity index (χ1) is 18.2. The summed E-state index contributed by atoms with van der Waals surface area (Å²) in [6.07, 6.45) is 2.87. The van der Waals surface area contributed by atoms with Crippen molar-refractivity contribution in [3.8, 4) is 0 Å². The van der Waals surface area contributed by atoms with Crippen molar-refractivity contribution in [3.63, 3.8) is 0 Å². The van der Waals surface area contributed by atoms with Crippen LogP contribution in [0.4, 0.5) is 13.2 Å². The van der Waals surface area contributed by atoms with Crippen LogP contribution in [-0.2, 0) is 16.6 Å². The molecule has 1 saturated carbocycles.